The van der Waals surface area contributed by atoms with Gasteiger partial charge in [0.25, 0.3) is 5.91 Å². The number of benzene rings is 1. The zero-order valence-corrected chi connectivity index (χ0v) is 18.8. The Morgan fingerprint density at radius 3 is 2.48 bits per heavy atom. The predicted molar refractivity (Wildman–Crippen MR) is 117 cm³/mol. The smallest absolute Gasteiger partial charge is 0.252 e. The molecule has 0 spiro atoms. The molecule has 0 unspecified atom stereocenters. The molecule has 3 rings (SSSR count). The van der Waals surface area contributed by atoms with Crippen molar-refractivity contribution in [3.05, 3.63) is 59.8 Å². The van der Waals surface area contributed by atoms with Gasteiger partial charge < -0.3 is 14.8 Å². The fraction of sp³-hybridized carbons (Fsp3) is 0.455. The molecule has 0 saturated carbocycles. The Bertz CT molecular complexity index is 956. The highest BCUT2D eigenvalue weighted by Gasteiger charge is 2.30. The summed E-state index contributed by atoms with van der Waals surface area (Å²) >= 11 is 0. The highest BCUT2D eigenvalue weighted by molar-refractivity contribution is 7.89. The number of rotatable bonds is 8. The standard InChI is InChI=1S/C22H29N3O5S/c1-16-14-25(15-17(2)29-16)31(27,28)12-11-23-22(26)20-9-10-21(24-13-20)30-18(3)19-7-5-4-6-8-19/h4-10,13,16-18H,11-12,14-15H2,1-3H3,(H,23,26)/t16-,17-,18-/m1/s1. The average molecular weight is 448 g/mol. The van der Waals surface area contributed by atoms with Crippen LogP contribution in [0.4, 0.5) is 0 Å². The molecule has 0 bridgehead atoms. The Balaban J connectivity index is 1.49. The van der Waals surface area contributed by atoms with Crippen LogP contribution in [0.25, 0.3) is 0 Å². The number of amides is 1. The first-order chi connectivity index (χ1) is 14.7. The predicted octanol–water partition coefficient (Wildman–Crippen LogP) is 2.39. The molecule has 1 aliphatic rings. The van der Waals surface area contributed by atoms with Gasteiger partial charge in [-0.1, -0.05) is 30.3 Å². The van der Waals surface area contributed by atoms with Crippen molar-refractivity contribution in [2.24, 2.45) is 0 Å². The lowest BCUT2D eigenvalue weighted by Crippen LogP contribution is -2.49. The molecule has 1 aliphatic heterocycles. The van der Waals surface area contributed by atoms with Gasteiger partial charge in [0.2, 0.25) is 15.9 Å². The van der Waals surface area contributed by atoms with Gasteiger partial charge in [0.15, 0.2) is 0 Å². The van der Waals surface area contributed by atoms with E-state index in [4.69, 9.17) is 9.47 Å². The zero-order chi connectivity index (χ0) is 22.4. The lowest BCUT2D eigenvalue weighted by Gasteiger charge is -2.34. The third-order valence-electron chi connectivity index (χ3n) is 4.99. The van der Waals surface area contributed by atoms with Crippen molar-refractivity contribution in [3.63, 3.8) is 0 Å². The maximum Gasteiger partial charge on any atom is 0.252 e. The van der Waals surface area contributed by atoms with Crippen LogP contribution in [0, 0.1) is 0 Å². The third-order valence-corrected chi connectivity index (χ3v) is 6.80. The van der Waals surface area contributed by atoms with Crippen molar-refractivity contribution in [2.45, 2.75) is 39.1 Å². The summed E-state index contributed by atoms with van der Waals surface area (Å²) in [5.41, 5.74) is 1.36. The maximum atomic E-state index is 12.5. The molecule has 1 amide bonds. The van der Waals surface area contributed by atoms with Gasteiger partial charge in [0.1, 0.15) is 6.10 Å². The number of hydrogen-bond acceptors (Lipinski definition) is 6. The number of carbonyl (C=O) groups is 1. The van der Waals surface area contributed by atoms with E-state index in [9.17, 15) is 13.2 Å². The number of nitrogens with one attached hydrogen (secondary N) is 1. The first kappa shape index (κ1) is 23.2. The normalized spacial score (nSPS) is 20.7. The van der Waals surface area contributed by atoms with Crippen molar-refractivity contribution in [1.29, 1.82) is 0 Å². The van der Waals surface area contributed by atoms with Crippen LogP contribution in [0.2, 0.25) is 0 Å². The van der Waals surface area contributed by atoms with E-state index in [2.05, 4.69) is 10.3 Å². The Labute approximate surface area is 183 Å². The molecule has 1 fully saturated rings. The largest absolute Gasteiger partial charge is 0.470 e. The van der Waals surface area contributed by atoms with Crippen LogP contribution in [-0.4, -0.2) is 61.2 Å². The van der Waals surface area contributed by atoms with Gasteiger partial charge in [-0.2, -0.15) is 4.31 Å². The van der Waals surface area contributed by atoms with E-state index in [-0.39, 0.29) is 36.5 Å². The summed E-state index contributed by atoms with van der Waals surface area (Å²) in [5, 5.41) is 2.65. The quantitative estimate of drug-likeness (QED) is 0.667. The minimum absolute atomic E-state index is 0.0184. The fourth-order valence-corrected chi connectivity index (χ4v) is 4.93. The molecule has 1 N–H and O–H groups in total. The Hall–Kier alpha value is -2.49. The number of carbonyl (C=O) groups excluding carboxylic acids is 1. The topological polar surface area (TPSA) is 97.8 Å². The number of sulfonamides is 1. The van der Waals surface area contributed by atoms with Crippen molar-refractivity contribution in [2.75, 3.05) is 25.4 Å². The van der Waals surface area contributed by atoms with Gasteiger partial charge in [-0.25, -0.2) is 13.4 Å². The minimum Gasteiger partial charge on any atom is -0.470 e. The summed E-state index contributed by atoms with van der Waals surface area (Å²) in [7, 11) is -3.47. The highest BCUT2D eigenvalue weighted by Crippen LogP contribution is 2.20. The van der Waals surface area contributed by atoms with Crippen molar-refractivity contribution in [1.82, 2.24) is 14.6 Å². The van der Waals surface area contributed by atoms with Crippen LogP contribution in [0.15, 0.2) is 48.7 Å². The summed E-state index contributed by atoms with van der Waals surface area (Å²) in [5.74, 6) is -0.137. The second-order valence-electron chi connectivity index (χ2n) is 7.70. The number of hydrogen-bond donors (Lipinski definition) is 1. The number of pyridine rings is 1. The fourth-order valence-electron chi connectivity index (χ4n) is 3.44. The van der Waals surface area contributed by atoms with E-state index in [1.54, 1.807) is 12.1 Å². The monoisotopic (exact) mass is 447 g/mol. The number of ether oxygens (including phenoxy) is 2. The van der Waals surface area contributed by atoms with Crippen LogP contribution in [0.1, 0.15) is 42.8 Å². The Morgan fingerprint density at radius 2 is 1.87 bits per heavy atom. The summed E-state index contributed by atoms with van der Waals surface area (Å²) in [6.07, 6.45) is 0.945. The molecule has 0 radical (unpaired) electrons. The first-order valence-corrected chi connectivity index (χ1v) is 11.9. The summed E-state index contributed by atoms with van der Waals surface area (Å²) in [4.78, 5) is 16.5. The SMILES string of the molecule is C[C@@H]1CN(S(=O)(=O)CCNC(=O)c2ccc(O[C@H](C)c3ccccc3)nc2)C[C@@H](C)O1. The van der Waals surface area contributed by atoms with Gasteiger partial charge in [-0.3, -0.25) is 4.79 Å². The van der Waals surface area contributed by atoms with Gasteiger partial charge >= 0.3 is 0 Å². The number of morpholine rings is 1. The molecule has 1 aromatic carbocycles. The maximum absolute atomic E-state index is 12.5. The molecule has 9 heteroatoms. The van der Waals surface area contributed by atoms with Crippen molar-refractivity contribution >= 4 is 15.9 Å². The van der Waals surface area contributed by atoms with E-state index in [0.29, 0.717) is 24.5 Å². The lowest BCUT2D eigenvalue weighted by atomic mass is 10.1. The van der Waals surface area contributed by atoms with Crippen LogP contribution in [-0.2, 0) is 14.8 Å². The number of nitrogens with zero attached hydrogens (tertiary/aromatic N) is 2. The molecular formula is C22H29N3O5S. The zero-order valence-electron chi connectivity index (χ0n) is 18.0. The van der Waals surface area contributed by atoms with E-state index < -0.39 is 10.0 Å². The van der Waals surface area contributed by atoms with Crippen LogP contribution in [0.5, 0.6) is 5.88 Å². The van der Waals surface area contributed by atoms with Gasteiger partial charge in [-0.15, -0.1) is 0 Å². The molecule has 2 heterocycles. The number of aromatic nitrogens is 1. The molecule has 8 nitrogen and oxygen atoms in total. The van der Waals surface area contributed by atoms with Crippen LogP contribution < -0.4 is 10.1 Å². The van der Waals surface area contributed by atoms with Gasteiger partial charge in [-0.05, 0) is 32.4 Å². The second kappa shape index (κ2) is 10.2. The van der Waals surface area contributed by atoms with E-state index in [0.717, 1.165) is 5.56 Å². The van der Waals surface area contributed by atoms with E-state index in [1.165, 1.54) is 10.5 Å². The van der Waals surface area contributed by atoms with Crippen LogP contribution >= 0.6 is 0 Å². The van der Waals surface area contributed by atoms with E-state index >= 15 is 0 Å². The minimum atomic E-state index is -3.47. The summed E-state index contributed by atoms with van der Waals surface area (Å²) in [6, 6.07) is 13.0. The molecule has 2 aromatic rings. The van der Waals surface area contributed by atoms with Gasteiger partial charge in [0, 0.05) is 31.9 Å². The van der Waals surface area contributed by atoms with E-state index in [1.807, 2.05) is 51.1 Å². The van der Waals surface area contributed by atoms with Crippen molar-refractivity contribution in [3.8, 4) is 5.88 Å². The lowest BCUT2D eigenvalue weighted by molar-refractivity contribution is -0.0440. The first-order valence-electron chi connectivity index (χ1n) is 10.3. The molecule has 1 aromatic heterocycles. The van der Waals surface area contributed by atoms with Gasteiger partial charge in [0.05, 0.1) is 23.5 Å². The third kappa shape index (κ3) is 6.49. The summed E-state index contributed by atoms with van der Waals surface area (Å²) in [6.45, 7) is 6.29. The van der Waals surface area contributed by atoms with Crippen molar-refractivity contribution < 1.29 is 22.7 Å². The average Bonchev–Trinajstić information content (AvgIpc) is 2.74. The molecule has 0 aliphatic carbocycles. The summed E-state index contributed by atoms with van der Waals surface area (Å²) < 4.78 is 37.9. The molecule has 31 heavy (non-hydrogen) atoms. The molecule has 1 saturated heterocycles. The Kier molecular flexibility index (Phi) is 7.64. The molecular weight excluding hydrogens is 418 g/mol. The Morgan fingerprint density at radius 1 is 1.19 bits per heavy atom. The second-order valence-corrected chi connectivity index (χ2v) is 9.79. The highest BCUT2D eigenvalue weighted by atomic mass is 32.2. The molecule has 3 atom stereocenters. The van der Waals surface area contributed by atoms with Crippen LogP contribution in [0.3, 0.4) is 0 Å². The molecule has 168 valence electrons.